The molecule has 17 heavy (non-hydrogen) atoms. The Morgan fingerprint density at radius 2 is 2.35 bits per heavy atom. The third-order valence-electron chi connectivity index (χ3n) is 2.47. The lowest BCUT2D eigenvalue weighted by atomic mass is 10.2. The van der Waals surface area contributed by atoms with Crippen LogP contribution in [0, 0.1) is 0 Å². The molecular formula is C12H13N3O2. The Morgan fingerprint density at radius 1 is 1.53 bits per heavy atom. The second-order valence-electron chi connectivity index (χ2n) is 3.72. The monoisotopic (exact) mass is 231 g/mol. The van der Waals surface area contributed by atoms with E-state index in [1.807, 2.05) is 29.9 Å². The van der Waals surface area contributed by atoms with Crippen molar-refractivity contribution >= 4 is 5.91 Å². The van der Waals surface area contributed by atoms with Gasteiger partial charge < -0.3 is 15.0 Å². The lowest BCUT2D eigenvalue weighted by molar-refractivity contribution is 0.0949. The minimum atomic E-state index is -0.255. The Bertz CT molecular complexity index is 534. The van der Waals surface area contributed by atoms with Crippen LogP contribution in [-0.4, -0.2) is 20.6 Å². The van der Waals surface area contributed by atoms with Crippen LogP contribution in [0.4, 0.5) is 0 Å². The van der Waals surface area contributed by atoms with Crippen molar-refractivity contribution in [3.63, 3.8) is 0 Å². The van der Waals surface area contributed by atoms with Crippen LogP contribution in [0.1, 0.15) is 16.1 Å². The number of hydrogen-bond donors (Lipinski definition) is 2. The third kappa shape index (κ3) is 2.63. The average Bonchev–Trinajstić information content (AvgIpc) is 2.72. The Morgan fingerprint density at radius 3 is 3.00 bits per heavy atom. The molecule has 0 aliphatic heterocycles. The first-order valence-electron chi connectivity index (χ1n) is 5.19. The van der Waals surface area contributed by atoms with Gasteiger partial charge in [0, 0.05) is 25.1 Å². The van der Waals surface area contributed by atoms with Gasteiger partial charge in [0.05, 0.1) is 18.3 Å². The fourth-order valence-electron chi connectivity index (χ4n) is 1.51. The van der Waals surface area contributed by atoms with Crippen LogP contribution in [0.25, 0.3) is 0 Å². The van der Waals surface area contributed by atoms with Gasteiger partial charge in [-0.2, -0.15) is 0 Å². The SMILES string of the molecule is Cn1cccc1CNC(=O)c1cncc(O)c1. The molecule has 2 aromatic rings. The van der Waals surface area contributed by atoms with Crippen molar-refractivity contribution in [3.8, 4) is 5.75 Å². The summed E-state index contributed by atoms with van der Waals surface area (Å²) in [6.45, 7) is 0.442. The number of carbonyl (C=O) groups is 1. The number of hydrogen-bond acceptors (Lipinski definition) is 3. The molecule has 5 heteroatoms. The summed E-state index contributed by atoms with van der Waals surface area (Å²) in [6, 6.07) is 5.23. The minimum absolute atomic E-state index is 0.0171. The van der Waals surface area contributed by atoms with E-state index in [-0.39, 0.29) is 11.7 Å². The second-order valence-corrected chi connectivity index (χ2v) is 3.72. The molecule has 2 rings (SSSR count). The zero-order chi connectivity index (χ0) is 12.3. The van der Waals surface area contributed by atoms with Crippen molar-refractivity contribution in [2.24, 2.45) is 7.05 Å². The molecule has 0 aromatic carbocycles. The Balaban J connectivity index is 2.01. The summed E-state index contributed by atoms with van der Waals surface area (Å²) in [7, 11) is 1.91. The molecule has 88 valence electrons. The molecule has 0 saturated carbocycles. The van der Waals surface area contributed by atoms with Crippen molar-refractivity contribution in [1.29, 1.82) is 0 Å². The van der Waals surface area contributed by atoms with Gasteiger partial charge in [-0.25, -0.2) is 0 Å². The quantitative estimate of drug-likeness (QED) is 0.829. The topological polar surface area (TPSA) is 67.2 Å². The van der Waals surface area contributed by atoms with E-state index in [1.165, 1.54) is 18.5 Å². The third-order valence-corrected chi connectivity index (χ3v) is 2.47. The Hall–Kier alpha value is -2.30. The fraction of sp³-hybridized carbons (Fsp3) is 0.167. The molecule has 2 heterocycles. The molecule has 0 bridgehead atoms. The van der Waals surface area contributed by atoms with E-state index in [0.29, 0.717) is 12.1 Å². The fourth-order valence-corrected chi connectivity index (χ4v) is 1.51. The highest BCUT2D eigenvalue weighted by Gasteiger charge is 2.07. The van der Waals surface area contributed by atoms with Gasteiger partial charge in [0.25, 0.3) is 5.91 Å². The maximum absolute atomic E-state index is 11.7. The Labute approximate surface area is 98.7 Å². The molecule has 5 nitrogen and oxygen atoms in total. The second kappa shape index (κ2) is 4.69. The molecule has 0 aliphatic rings. The highest BCUT2D eigenvalue weighted by Crippen LogP contribution is 2.08. The van der Waals surface area contributed by atoms with Crippen LogP contribution in [0.15, 0.2) is 36.8 Å². The van der Waals surface area contributed by atoms with E-state index in [9.17, 15) is 9.90 Å². The lowest BCUT2D eigenvalue weighted by Gasteiger charge is -2.06. The molecule has 0 fully saturated rings. The lowest BCUT2D eigenvalue weighted by Crippen LogP contribution is -2.23. The summed E-state index contributed by atoms with van der Waals surface area (Å²) in [5.41, 5.74) is 1.35. The van der Waals surface area contributed by atoms with E-state index in [2.05, 4.69) is 10.3 Å². The molecule has 0 spiro atoms. The van der Waals surface area contributed by atoms with Crippen molar-refractivity contribution in [1.82, 2.24) is 14.9 Å². The van der Waals surface area contributed by atoms with Gasteiger partial charge in [0.1, 0.15) is 5.75 Å². The predicted molar refractivity (Wildman–Crippen MR) is 62.5 cm³/mol. The zero-order valence-electron chi connectivity index (χ0n) is 9.42. The summed E-state index contributed by atoms with van der Waals surface area (Å²) in [4.78, 5) is 15.5. The standard InChI is InChI=1S/C12H13N3O2/c1-15-4-2-3-10(15)7-14-12(17)9-5-11(16)8-13-6-9/h2-6,8,16H,7H2,1H3,(H,14,17). The molecule has 1 amide bonds. The van der Waals surface area contributed by atoms with Gasteiger partial charge in [-0.3, -0.25) is 9.78 Å². The van der Waals surface area contributed by atoms with E-state index in [4.69, 9.17) is 0 Å². The molecule has 0 saturated heterocycles. The van der Waals surface area contributed by atoms with Crippen LogP contribution in [0.2, 0.25) is 0 Å². The summed E-state index contributed by atoms with van der Waals surface area (Å²) in [5.74, 6) is -0.272. The number of carbonyl (C=O) groups excluding carboxylic acids is 1. The highest BCUT2D eigenvalue weighted by atomic mass is 16.3. The largest absolute Gasteiger partial charge is 0.506 e. The number of amides is 1. The summed E-state index contributed by atoms with van der Waals surface area (Å²) in [6.07, 6.45) is 4.62. The van der Waals surface area contributed by atoms with Crippen molar-refractivity contribution in [2.45, 2.75) is 6.54 Å². The van der Waals surface area contributed by atoms with Gasteiger partial charge in [-0.15, -0.1) is 0 Å². The first-order chi connectivity index (χ1) is 8.16. The smallest absolute Gasteiger partial charge is 0.253 e. The van der Waals surface area contributed by atoms with E-state index in [0.717, 1.165) is 5.69 Å². The van der Waals surface area contributed by atoms with Crippen molar-refractivity contribution in [3.05, 3.63) is 48.0 Å². The summed E-state index contributed by atoms with van der Waals surface area (Å²) < 4.78 is 1.93. The van der Waals surface area contributed by atoms with Crippen molar-refractivity contribution in [2.75, 3.05) is 0 Å². The first-order valence-corrected chi connectivity index (χ1v) is 5.19. The maximum atomic E-state index is 11.7. The van der Waals surface area contributed by atoms with Crippen LogP contribution >= 0.6 is 0 Å². The average molecular weight is 231 g/mol. The molecule has 0 radical (unpaired) electrons. The van der Waals surface area contributed by atoms with E-state index in [1.54, 1.807) is 0 Å². The first kappa shape index (κ1) is 11.2. The molecule has 2 N–H and O–H groups in total. The molecular weight excluding hydrogens is 218 g/mol. The number of aromatic hydroxyl groups is 1. The van der Waals surface area contributed by atoms with Gasteiger partial charge in [-0.1, -0.05) is 0 Å². The molecule has 2 aromatic heterocycles. The number of aryl methyl sites for hydroxylation is 1. The van der Waals surface area contributed by atoms with Crippen LogP contribution in [0.3, 0.4) is 0 Å². The molecule has 0 atom stereocenters. The number of aromatic nitrogens is 2. The van der Waals surface area contributed by atoms with Crippen LogP contribution in [-0.2, 0) is 13.6 Å². The summed E-state index contributed by atoms with van der Waals surface area (Å²) in [5, 5.41) is 12.0. The zero-order valence-corrected chi connectivity index (χ0v) is 9.42. The number of nitrogens with one attached hydrogen (secondary N) is 1. The van der Waals surface area contributed by atoms with E-state index >= 15 is 0 Å². The normalized spacial score (nSPS) is 10.2. The molecule has 0 unspecified atom stereocenters. The van der Waals surface area contributed by atoms with Crippen molar-refractivity contribution < 1.29 is 9.90 Å². The highest BCUT2D eigenvalue weighted by molar-refractivity contribution is 5.94. The number of nitrogens with zero attached hydrogens (tertiary/aromatic N) is 2. The van der Waals surface area contributed by atoms with Gasteiger partial charge >= 0.3 is 0 Å². The minimum Gasteiger partial charge on any atom is -0.506 e. The molecule has 0 aliphatic carbocycles. The predicted octanol–water partition coefficient (Wildman–Crippen LogP) is 1.06. The van der Waals surface area contributed by atoms with Crippen LogP contribution < -0.4 is 5.32 Å². The van der Waals surface area contributed by atoms with E-state index < -0.39 is 0 Å². The Kier molecular flexibility index (Phi) is 3.09. The van der Waals surface area contributed by atoms with Gasteiger partial charge in [-0.05, 0) is 18.2 Å². The summed E-state index contributed by atoms with van der Waals surface area (Å²) >= 11 is 0. The number of pyridine rings is 1. The van der Waals surface area contributed by atoms with Crippen LogP contribution in [0.5, 0.6) is 5.75 Å². The number of rotatable bonds is 3. The maximum Gasteiger partial charge on any atom is 0.253 e. The van der Waals surface area contributed by atoms with Gasteiger partial charge in [0.2, 0.25) is 0 Å². The van der Waals surface area contributed by atoms with Gasteiger partial charge in [0.15, 0.2) is 0 Å².